The zero-order valence-electron chi connectivity index (χ0n) is 13.4. The van der Waals surface area contributed by atoms with Crippen LogP contribution in [0.5, 0.6) is 5.75 Å². The van der Waals surface area contributed by atoms with Gasteiger partial charge in [-0.25, -0.2) is 4.79 Å². The fraction of sp³-hybridized carbons (Fsp3) is 0.294. The van der Waals surface area contributed by atoms with Crippen molar-refractivity contribution < 1.29 is 19.4 Å². The summed E-state index contributed by atoms with van der Waals surface area (Å²) < 4.78 is 6.94. The first-order chi connectivity index (χ1) is 10.9. The Labute approximate surface area is 134 Å². The lowest BCUT2D eigenvalue weighted by atomic mass is 10.2. The van der Waals surface area contributed by atoms with Crippen LogP contribution < -0.4 is 4.74 Å². The number of aryl methyl sites for hydroxylation is 1. The molecule has 1 N–H and O–H groups in total. The Hall–Kier alpha value is -2.76. The van der Waals surface area contributed by atoms with Crippen LogP contribution in [-0.4, -0.2) is 40.1 Å². The summed E-state index contributed by atoms with van der Waals surface area (Å²) in [5, 5.41) is 8.57. The van der Waals surface area contributed by atoms with Crippen LogP contribution in [0.25, 0.3) is 0 Å². The predicted octanol–water partition coefficient (Wildman–Crippen LogP) is 2.07. The molecule has 2 aromatic rings. The number of aliphatic carboxylic acids is 1. The van der Waals surface area contributed by atoms with Gasteiger partial charge in [0, 0.05) is 26.3 Å². The third-order valence-corrected chi connectivity index (χ3v) is 3.64. The minimum atomic E-state index is -1.02. The molecular weight excluding hydrogens is 296 g/mol. The van der Waals surface area contributed by atoms with E-state index in [1.165, 1.54) is 0 Å². The molecule has 0 saturated heterocycles. The summed E-state index contributed by atoms with van der Waals surface area (Å²) in [6.45, 7) is 2.04. The minimum Gasteiger partial charge on any atom is -0.482 e. The SMILES string of the molecule is Cc1ccc(C(=O)N(C)Cc2ccc(OCC(=O)O)cc2)n1C. The average molecular weight is 316 g/mol. The minimum absolute atomic E-state index is 0.0493. The largest absolute Gasteiger partial charge is 0.482 e. The van der Waals surface area contributed by atoms with Gasteiger partial charge in [-0.3, -0.25) is 4.79 Å². The maximum atomic E-state index is 12.4. The van der Waals surface area contributed by atoms with Crippen LogP contribution in [-0.2, 0) is 18.4 Å². The molecule has 0 fully saturated rings. The summed E-state index contributed by atoms with van der Waals surface area (Å²) in [6, 6.07) is 10.8. The van der Waals surface area contributed by atoms with Gasteiger partial charge in [0.15, 0.2) is 6.61 Å². The number of carboxylic acid groups (broad SMARTS) is 1. The first-order valence-electron chi connectivity index (χ1n) is 7.20. The highest BCUT2D eigenvalue weighted by molar-refractivity contribution is 5.92. The number of hydrogen-bond acceptors (Lipinski definition) is 3. The number of amides is 1. The number of carbonyl (C=O) groups excluding carboxylic acids is 1. The van der Waals surface area contributed by atoms with Crippen LogP contribution in [0.1, 0.15) is 21.7 Å². The third kappa shape index (κ3) is 4.12. The lowest BCUT2D eigenvalue weighted by Gasteiger charge is -2.18. The quantitative estimate of drug-likeness (QED) is 0.885. The molecule has 2 rings (SSSR count). The van der Waals surface area contributed by atoms with E-state index in [0.29, 0.717) is 18.0 Å². The number of ether oxygens (including phenoxy) is 1. The fourth-order valence-electron chi connectivity index (χ4n) is 2.21. The van der Waals surface area contributed by atoms with Crippen LogP contribution in [0.4, 0.5) is 0 Å². The molecule has 122 valence electrons. The van der Waals surface area contributed by atoms with Crippen LogP contribution in [0.3, 0.4) is 0 Å². The van der Waals surface area contributed by atoms with Crippen molar-refractivity contribution in [2.24, 2.45) is 7.05 Å². The molecular formula is C17H20N2O4. The van der Waals surface area contributed by atoms with E-state index in [4.69, 9.17) is 9.84 Å². The number of carbonyl (C=O) groups is 2. The molecule has 23 heavy (non-hydrogen) atoms. The van der Waals surface area contributed by atoms with Crippen molar-refractivity contribution in [3.05, 3.63) is 53.3 Å². The summed E-state index contributed by atoms with van der Waals surface area (Å²) in [5.41, 5.74) is 2.61. The van der Waals surface area contributed by atoms with E-state index in [2.05, 4.69) is 0 Å². The molecule has 0 atom stereocenters. The fourth-order valence-corrected chi connectivity index (χ4v) is 2.21. The molecule has 0 radical (unpaired) electrons. The van der Waals surface area contributed by atoms with Crippen LogP contribution in [0.2, 0.25) is 0 Å². The molecule has 6 heteroatoms. The third-order valence-electron chi connectivity index (χ3n) is 3.64. The van der Waals surface area contributed by atoms with Gasteiger partial charge in [0.2, 0.25) is 0 Å². The van der Waals surface area contributed by atoms with E-state index >= 15 is 0 Å². The normalized spacial score (nSPS) is 10.4. The maximum Gasteiger partial charge on any atom is 0.341 e. The van der Waals surface area contributed by atoms with Gasteiger partial charge >= 0.3 is 5.97 Å². The first-order valence-corrected chi connectivity index (χ1v) is 7.20. The van der Waals surface area contributed by atoms with E-state index in [-0.39, 0.29) is 12.5 Å². The molecule has 0 saturated carbocycles. The number of carboxylic acids is 1. The number of nitrogens with zero attached hydrogens (tertiary/aromatic N) is 2. The van der Waals surface area contributed by atoms with Gasteiger partial charge in [0.05, 0.1) is 0 Å². The Morgan fingerprint density at radius 1 is 1.17 bits per heavy atom. The number of hydrogen-bond donors (Lipinski definition) is 1. The molecule has 0 spiro atoms. The van der Waals surface area contributed by atoms with Gasteiger partial charge < -0.3 is 19.3 Å². The number of aromatic nitrogens is 1. The van der Waals surface area contributed by atoms with Crippen LogP contribution >= 0.6 is 0 Å². The van der Waals surface area contributed by atoms with E-state index in [0.717, 1.165) is 11.3 Å². The standard InChI is InChI=1S/C17H20N2O4/c1-12-4-9-15(19(12)3)17(22)18(2)10-13-5-7-14(8-6-13)23-11-16(20)21/h4-9H,10-11H2,1-3H3,(H,20,21). The van der Waals surface area contributed by atoms with Crippen molar-refractivity contribution in [3.8, 4) is 5.75 Å². The number of benzene rings is 1. The van der Waals surface area contributed by atoms with Crippen molar-refractivity contribution in [1.82, 2.24) is 9.47 Å². The Balaban J connectivity index is 1.99. The summed E-state index contributed by atoms with van der Waals surface area (Å²) >= 11 is 0. The lowest BCUT2D eigenvalue weighted by molar-refractivity contribution is -0.139. The van der Waals surface area contributed by atoms with E-state index in [1.54, 1.807) is 24.1 Å². The molecule has 0 aliphatic heterocycles. The summed E-state index contributed by atoms with van der Waals surface area (Å²) in [5.74, 6) is -0.577. The summed E-state index contributed by atoms with van der Waals surface area (Å²) in [7, 11) is 3.62. The highest BCUT2D eigenvalue weighted by atomic mass is 16.5. The van der Waals surface area contributed by atoms with Gasteiger partial charge in [-0.2, -0.15) is 0 Å². The van der Waals surface area contributed by atoms with Gasteiger partial charge in [-0.05, 0) is 36.8 Å². The van der Waals surface area contributed by atoms with Crippen LogP contribution in [0.15, 0.2) is 36.4 Å². The van der Waals surface area contributed by atoms with Gasteiger partial charge in [0.1, 0.15) is 11.4 Å². The second kappa shape index (κ2) is 7.00. The molecule has 0 bridgehead atoms. The Morgan fingerprint density at radius 3 is 2.35 bits per heavy atom. The van der Waals surface area contributed by atoms with Crippen molar-refractivity contribution in [2.45, 2.75) is 13.5 Å². The van der Waals surface area contributed by atoms with E-state index in [9.17, 15) is 9.59 Å². The maximum absolute atomic E-state index is 12.4. The van der Waals surface area contributed by atoms with Gasteiger partial charge in [-0.15, -0.1) is 0 Å². The van der Waals surface area contributed by atoms with E-state index in [1.807, 2.05) is 42.8 Å². The Kier molecular flexibility index (Phi) is 5.05. The molecule has 1 aromatic carbocycles. The van der Waals surface area contributed by atoms with Gasteiger partial charge in [-0.1, -0.05) is 12.1 Å². The monoisotopic (exact) mass is 316 g/mol. The number of rotatable bonds is 6. The highest BCUT2D eigenvalue weighted by Crippen LogP contribution is 2.15. The van der Waals surface area contributed by atoms with Crippen molar-refractivity contribution in [2.75, 3.05) is 13.7 Å². The molecule has 0 aliphatic carbocycles. The molecule has 1 heterocycles. The Bertz CT molecular complexity index is 704. The van der Waals surface area contributed by atoms with Gasteiger partial charge in [0.25, 0.3) is 5.91 Å². The zero-order valence-corrected chi connectivity index (χ0v) is 13.4. The van der Waals surface area contributed by atoms with Crippen molar-refractivity contribution in [1.29, 1.82) is 0 Å². The molecule has 1 amide bonds. The predicted molar refractivity (Wildman–Crippen MR) is 85.5 cm³/mol. The summed E-state index contributed by atoms with van der Waals surface area (Å²) in [6.07, 6.45) is 0. The highest BCUT2D eigenvalue weighted by Gasteiger charge is 2.15. The van der Waals surface area contributed by atoms with Crippen molar-refractivity contribution in [3.63, 3.8) is 0 Å². The molecule has 0 unspecified atom stereocenters. The average Bonchev–Trinajstić information content (AvgIpc) is 2.85. The molecule has 6 nitrogen and oxygen atoms in total. The lowest BCUT2D eigenvalue weighted by Crippen LogP contribution is -2.28. The van der Waals surface area contributed by atoms with E-state index < -0.39 is 5.97 Å². The zero-order chi connectivity index (χ0) is 17.0. The van der Waals surface area contributed by atoms with Crippen LogP contribution in [0, 0.1) is 6.92 Å². The summed E-state index contributed by atoms with van der Waals surface area (Å²) in [4.78, 5) is 24.5. The van der Waals surface area contributed by atoms with Crippen molar-refractivity contribution >= 4 is 11.9 Å². The topological polar surface area (TPSA) is 71.8 Å². The smallest absolute Gasteiger partial charge is 0.341 e. The first kappa shape index (κ1) is 16.6. The Morgan fingerprint density at radius 2 is 1.83 bits per heavy atom. The molecule has 0 aliphatic rings. The second-order valence-electron chi connectivity index (χ2n) is 5.41. The second-order valence-corrected chi connectivity index (χ2v) is 5.41. The molecule has 1 aromatic heterocycles.